The molecule has 1 aromatic rings. The number of piperazine rings is 1. The number of ether oxygens (including phenoxy) is 1. The number of hydrogen-bond donors (Lipinski definition) is 1. The molecule has 7 heteroatoms. The Kier molecular flexibility index (Phi) is 7.06. The Morgan fingerprint density at radius 2 is 1.76 bits per heavy atom. The van der Waals surface area contributed by atoms with Crippen LogP contribution >= 0.6 is 0 Å². The average molecular weight is 348 g/mol. The van der Waals surface area contributed by atoms with Crippen molar-refractivity contribution in [3.63, 3.8) is 0 Å². The summed E-state index contributed by atoms with van der Waals surface area (Å²) < 4.78 is 4.99. The van der Waals surface area contributed by atoms with Crippen molar-refractivity contribution in [2.24, 2.45) is 0 Å². The van der Waals surface area contributed by atoms with Crippen LogP contribution in [0.4, 0.5) is 10.5 Å². The number of rotatable bonds is 6. The van der Waals surface area contributed by atoms with Crippen LogP contribution in [0.25, 0.3) is 0 Å². The van der Waals surface area contributed by atoms with Crippen molar-refractivity contribution >= 4 is 17.7 Å². The van der Waals surface area contributed by atoms with E-state index in [9.17, 15) is 9.59 Å². The number of anilines is 1. The maximum absolute atomic E-state index is 12.1. The van der Waals surface area contributed by atoms with Gasteiger partial charge in [-0.05, 0) is 24.6 Å². The summed E-state index contributed by atoms with van der Waals surface area (Å²) in [7, 11) is 4.00. The summed E-state index contributed by atoms with van der Waals surface area (Å²) in [6.07, 6.45) is -0.271. The largest absolute Gasteiger partial charge is 0.450 e. The molecule has 2 rings (SSSR count). The summed E-state index contributed by atoms with van der Waals surface area (Å²) in [4.78, 5) is 29.5. The highest BCUT2D eigenvalue weighted by atomic mass is 16.6. The second-order valence-electron chi connectivity index (χ2n) is 6.30. The second kappa shape index (κ2) is 9.27. The first-order valence-electron chi connectivity index (χ1n) is 8.66. The molecule has 7 nitrogen and oxygen atoms in total. The molecule has 0 unspecified atom stereocenters. The zero-order valence-electron chi connectivity index (χ0n) is 15.3. The molecule has 0 spiro atoms. The molecule has 1 saturated heterocycles. The SMILES string of the molecule is CCOC(=O)N1CCN(CC(=O)NCc2ccc(N(C)C)cc2)CC1. The Morgan fingerprint density at radius 1 is 1.12 bits per heavy atom. The van der Waals surface area contributed by atoms with Gasteiger partial charge in [-0.15, -0.1) is 0 Å². The third-order valence-corrected chi connectivity index (χ3v) is 4.21. The van der Waals surface area contributed by atoms with Crippen molar-refractivity contribution in [1.29, 1.82) is 0 Å². The Labute approximate surface area is 149 Å². The molecule has 0 bridgehead atoms. The first-order valence-corrected chi connectivity index (χ1v) is 8.66. The number of benzene rings is 1. The van der Waals surface area contributed by atoms with E-state index in [1.165, 1.54) is 0 Å². The second-order valence-corrected chi connectivity index (χ2v) is 6.30. The van der Waals surface area contributed by atoms with E-state index in [2.05, 4.69) is 10.2 Å². The molecule has 1 aromatic carbocycles. The number of nitrogens with zero attached hydrogens (tertiary/aromatic N) is 3. The minimum absolute atomic E-state index is 0.00118. The number of hydrogen-bond acceptors (Lipinski definition) is 5. The lowest BCUT2D eigenvalue weighted by molar-refractivity contribution is -0.122. The molecule has 138 valence electrons. The van der Waals surface area contributed by atoms with Crippen LogP contribution in [-0.2, 0) is 16.1 Å². The minimum Gasteiger partial charge on any atom is -0.450 e. The fourth-order valence-electron chi connectivity index (χ4n) is 2.67. The van der Waals surface area contributed by atoms with E-state index >= 15 is 0 Å². The molecule has 1 N–H and O–H groups in total. The maximum atomic E-state index is 12.1. The van der Waals surface area contributed by atoms with E-state index in [0.717, 1.165) is 11.3 Å². The third kappa shape index (κ3) is 5.94. The zero-order valence-corrected chi connectivity index (χ0v) is 15.3. The molecule has 0 radical (unpaired) electrons. The van der Waals surface area contributed by atoms with Gasteiger partial charge in [0.15, 0.2) is 0 Å². The molecule has 0 atom stereocenters. The van der Waals surface area contributed by atoms with Crippen molar-refractivity contribution in [3.8, 4) is 0 Å². The smallest absolute Gasteiger partial charge is 0.409 e. The lowest BCUT2D eigenvalue weighted by atomic mass is 10.2. The van der Waals surface area contributed by atoms with Gasteiger partial charge in [0, 0.05) is 52.5 Å². The Balaban J connectivity index is 1.70. The van der Waals surface area contributed by atoms with E-state index in [1.54, 1.807) is 11.8 Å². The minimum atomic E-state index is -0.271. The molecule has 0 saturated carbocycles. The van der Waals surface area contributed by atoms with Crippen LogP contribution in [0.5, 0.6) is 0 Å². The van der Waals surface area contributed by atoms with E-state index in [1.807, 2.05) is 43.3 Å². The monoisotopic (exact) mass is 348 g/mol. The molecule has 1 fully saturated rings. The van der Waals surface area contributed by atoms with Crippen LogP contribution in [0, 0.1) is 0 Å². The summed E-state index contributed by atoms with van der Waals surface area (Å²) in [5, 5.41) is 2.95. The zero-order chi connectivity index (χ0) is 18.2. The summed E-state index contributed by atoms with van der Waals surface area (Å²) in [5.41, 5.74) is 2.21. The van der Waals surface area contributed by atoms with Crippen LogP contribution in [0.2, 0.25) is 0 Å². The van der Waals surface area contributed by atoms with E-state index in [4.69, 9.17) is 4.74 Å². The number of amides is 2. The predicted molar refractivity (Wildman–Crippen MR) is 97.7 cm³/mol. The van der Waals surface area contributed by atoms with Crippen LogP contribution in [0.1, 0.15) is 12.5 Å². The van der Waals surface area contributed by atoms with Crippen molar-refractivity contribution in [2.45, 2.75) is 13.5 Å². The van der Waals surface area contributed by atoms with Crippen LogP contribution < -0.4 is 10.2 Å². The van der Waals surface area contributed by atoms with Crippen LogP contribution in [0.3, 0.4) is 0 Å². The number of carbonyl (C=O) groups is 2. The summed E-state index contributed by atoms with van der Waals surface area (Å²) in [6, 6.07) is 8.12. The topological polar surface area (TPSA) is 65.1 Å². The average Bonchev–Trinajstić information content (AvgIpc) is 2.61. The predicted octanol–water partition coefficient (Wildman–Crippen LogP) is 1.14. The quantitative estimate of drug-likeness (QED) is 0.835. The lowest BCUT2D eigenvalue weighted by Gasteiger charge is -2.33. The van der Waals surface area contributed by atoms with Crippen molar-refractivity contribution in [3.05, 3.63) is 29.8 Å². The molecule has 1 heterocycles. The number of carbonyl (C=O) groups excluding carboxylic acids is 2. The first kappa shape index (κ1) is 19.1. The van der Waals surface area contributed by atoms with Crippen molar-refractivity contribution in [1.82, 2.24) is 15.1 Å². The highest BCUT2D eigenvalue weighted by Gasteiger charge is 2.22. The Bertz CT molecular complexity index is 566. The molecule has 25 heavy (non-hydrogen) atoms. The van der Waals surface area contributed by atoms with Gasteiger partial charge in [-0.25, -0.2) is 4.79 Å². The summed E-state index contributed by atoms with van der Waals surface area (Å²) >= 11 is 0. The van der Waals surface area contributed by atoms with E-state index < -0.39 is 0 Å². The fraction of sp³-hybridized carbons (Fsp3) is 0.556. The van der Waals surface area contributed by atoms with Gasteiger partial charge in [-0.3, -0.25) is 9.69 Å². The van der Waals surface area contributed by atoms with E-state index in [0.29, 0.717) is 45.9 Å². The highest BCUT2D eigenvalue weighted by Crippen LogP contribution is 2.12. The van der Waals surface area contributed by atoms with Crippen LogP contribution in [-0.4, -0.2) is 75.2 Å². The van der Waals surface area contributed by atoms with Gasteiger partial charge in [0.05, 0.1) is 13.2 Å². The van der Waals surface area contributed by atoms with Crippen molar-refractivity contribution in [2.75, 3.05) is 58.3 Å². The molecule has 2 amide bonds. The molecule has 0 aromatic heterocycles. The van der Waals surface area contributed by atoms with Gasteiger partial charge in [0.1, 0.15) is 0 Å². The molecule has 0 aliphatic carbocycles. The third-order valence-electron chi connectivity index (χ3n) is 4.21. The summed E-state index contributed by atoms with van der Waals surface area (Å²) in [6.45, 7) is 5.62. The lowest BCUT2D eigenvalue weighted by Crippen LogP contribution is -2.51. The number of nitrogens with one attached hydrogen (secondary N) is 1. The van der Waals surface area contributed by atoms with Crippen molar-refractivity contribution < 1.29 is 14.3 Å². The fourth-order valence-corrected chi connectivity index (χ4v) is 2.67. The van der Waals surface area contributed by atoms with Gasteiger partial charge in [0.2, 0.25) is 5.91 Å². The molecule has 1 aliphatic rings. The first-order chi connectivity index (χ1) is 12.0. The summed E-state index contributed by atoms with van der Waals surface area (Å²) in [5.74, 6) is 0.00118. The van der Waals surface area contributed by atoms with Crippen LogP contribution in [0.15, 0.2) is 24.3 Å². The van der Waals surface area contributed by atoms with Gasteiger partial charge in [0.25, 0.3) is 0 Å². The normalized spacial score (nSPS) is 14.9. The van der Waals surface area contributed by atoms with E-state index in [-0.39, 0.29) is 12.0 Å². The van der Waals surface area contributed by atoms with Gasteiger partial charge in [-0.1, -0.05) is 12.1 Å². The standard InChI is InChI=1S/C18H28N4O3/c1-4-25-18(24)22-11-9-21(10-12-22)14-17(23)19-13-15-5-7-16(8-6-15)20(2)3/h5-8H,4,9-14H2,1-3H3,(H,19,23). The molecule has 1 aliphatic heterocycles. The maximum Gasteiger partial charge on any atom is 0.409 e. The Morgan fingerprint density at radius 3 is 2.32 bits per heavy atom. The van der Waals surface area contributed by atoms with Gasteiger partial charge < -0.3 is 19.9 Å². The molecular weight excluding hydrogens is 320 g/mol. The van der Waals surface area contributed by atoms with Gasteiger partial charge >= 0.3 is 6.09 Å². The van der Waals surface area contributed by atoms with Gasteiger partial charge in [-0.2, -0.15) is 0 Å². The highest BCUT2D eigenvalue weighted by molar-refractivity contribution is 5.78. The molecular formula is C18H28N4O3. The Hall–Kier alpha value is -2.28.